The molecule has 5 nitrogen and oxygen atoms in total. The van der Waals surface area contributed by atoms with Gasteiger partial charge in [0.15, 0.2) is 0 Å². The number of hydrogen-bond acceptors (Lipinski definition) is 6. The Morgan fingerprint density at radius 1 is 0.641 bits per heavy atom. The Kier molecular flexibility index (Phi) is 7.17. The predicted molar refractivity (Wildman–Crippen MR) is 153 cm³/mol. The Hall–Kier alpha value is -4.33. The summed E-state index contributed by atoms with van der Waals surface area (Å²) in [7, 11) is -0.669. The van der Waals surface area contributed by atoms with E-state index in [4.69, 9.17) is 14.2 Å². The number of carbonyl (C=O) groups excluding carboxylic acids is 2. The van der Waals surface area contributed by atoms with Crippen molar-refractivity contribution in [2.75, 3.05) is 0 Å². The number of hydrogen-bond donors (Lipinski definition) is 1. The quantitative estimate of drug-likeness (QED) is 0.123. The van der Waals surface area contributed by atoms with Crippen LogP contribution >= 0.6 is 22.2 Å². The Morgan fingerprint density at radius 3 is 1.97 bits per heavy atom. The van der Waals surface area contributed by atoms with Gasteiger partial charge < -0.3 is 14.2 Å². The van der Waals surface area contributed by atoms with E-state index in [2.05, 4.69) is 48.5 Å². The molecule has 0 bridgehead atoms. The smallest absolute Gasteiger partial charge is 0.457 e. The van der Waals surface area contributed by atoms with Crippen LogP contribution in [0.5, 0.6) is 5.75 Å². The fourth-order valence-corrected chi connectivity index (χ4v) is 7.90. The second-order valence-electron chi connectivity index (χ2n) is 8.83. The van der Waals surface area contributed by atoms with Crippen molar-refractivity contribution in [1.29, 1.82) is 0 Å². The number of fused-ring (bicyclic) bond motifs is 3. The Balaban J connectivity index is 1.04. The number of carbonyl (C=O) groups is 2. The summed E-state index contributed by atoms with van der Waals surface area (Å²) in [4.78, 5) is 29.7. The molecule has 0 radical (unpaired) electrons. The van der Waals surface area contributed by atoms with Gasteiger partial charge >= 0.3 is 12.1 Å². The van der Waals surface area contributed by atoms with Crippen LogP contribution in [0.15, 0.2) is 130 Å². The molecule has 0 N–H and O–H groups in total. The summed E-state index contributed by atoms with van der Waals surface area (Å²) in [5.74, 6) is 0.00260. The summed E-state index contributed by atoms with van der Waals surface area (Å²) in [5.41, 5.74) is 3.48. The monoisotopic (exact) mass is 552 g/mol. The van der Waals surface area contributed by atoms with Gasteiger partial charge in [0.1, 0.15) is 23.8 Å². The molecule has 1 aliphatic heterocycles. The van der Waals surface area contributed by atoms with E-state index in [-0.39, 0.29) is 13.2 Å². The number of esters is 1. The molecule has 4 aromatic carbocycles. The maximum Gasteiger partial charge on any atom is 0.514 e. The number of thiophene rings is 1. The molecule has 194 valence electrons. The van der Waals surface area contributed by atoms with E-state index < -0.39 is 23.0 Å². The molecule has 0 saturated carbocycles. The van der Waals surface area contributed by atoms with Gasteiger partial charge in [0, 0.05) is 14.7 Å². The van der Waals surface area contributed by atoms with E-state index in [0.29, 0.717) is 10.6 Å². The molecule has 0 amide bonds. The number of ether oxygens (including phenoxy) is 3. The highest BCUT2D eigenvalue weighted by atomic mass is 32.2. The zero-order chi connectivity index (χ0) is 26.6. The fraction of sp³-hybridized carbons (Fsp3) is 0.0625. The van der Waals surface area contributed by atoms with Gasteiger partial charge in [0.2, 0.25) is 0 Å². The Bertz CT molecular complexity index is 1580. The fourth-order valence-electron chi connectivity index (χ4n) is 4.48. The average Bonchev–Trinajstić information content (AvgIpc) is 3.59. The van der Waals surface area contributed by atoms with Crippen LogP contribution in [0.1, 0.15) is 20.1 Å². The van der Waals surface area contributed by atoms with Crippen molar-refractivity contribution < 1.29 is 23.8 Å². The minimum atomic E-state index is -0.799. The molecule has 0 unspecified atom stereocenters. The standard InChI is InChI=1S/C32H24O5S2/c33-31(35-20-22-8-2-1-3-9-22)28-19-16-24(38-28)21-36-32(34)37-23-14-17-25(18-15-23)39-29-12-6-4-10-26(29)27-11-5-7-13-30(27)39/h1-19,39H,20-21H2. The van der Waals surface area contributed by atoms with E-state index in [1.54, 1.807) is 24.3 Å². The van der Waals surface area contributed by atoms with Crippen molar-refractivity contribution in [3.8, 4) is 16.9 Å². The maximum absolute atomic E-state index is 12.3. The lowest BCUT2D eigenvalue weighted by Gasteiger charge is -2.19. The molecule has 0 aliphatic carbocycles. The van der Waals surface area contributed by atoms with E-state index in [1.165, 1.54) is 37.2 Å². The molecule has 2 heterocycles. The van der Waals surface area contributed by atoms with E-state index in [1.807, 2.05) is 42.5 Å². The molecule has 39 heavy (non-hydrogen) atoms. The van der Waals surface area contributed by atoms with Gasteiger partial charge in [-0.2, -0.15) is 10.9 Å². The minimum absolute atomic E-state index is 0.00637. The van der Waals surface area contributed by atoms with Gasteiger partial charge in [-0.25, -0.2) is 9.59 Å². The van der Waals surface area contributed by atoms with Gasteiger partial charge in [0.25, 0.3) is 0 Å². The zero-order valence-electron chi connectivity index (χ0n) is 20.8. The van der Waals surface area contributed by atoms with Crippen molar-refractivity contribution in [1.82, 2.24) is 0 Å². The van der Waals surface area contributed by atoms with Crippen LogP contribution in [-0.2, 0) is 22.7 Å². The first kappa shape index (κ1) is 25.0. The first-order chi connectivity index (χ1) is 19.2. The van der Waals surface area contributed by atoms with Gasteiger partial charge in [-0.1, -0.05) is 66.7 Å². The third kappa shape index (κ3) is 5.46. The normalized spacial score (nSPS) is 12.4. The van der Waals surface area contributed by atoms with Crippen LogP contribution in [0.3, 0.4) is 0 Å². The Labute approximate surface area is 233 Å². The molecule has 1 aliphatic rings. The SMILES string of the molecule is O=C(OCc1ccc(C(=O)OCc2ccccc2)s1)Oc1ccc([SH]2c3ccccc3-c3ccccc32)cc1. The largest absolute Gasteiger partial charge is 0.514 e. The average molecular weight is 553 g/mol. The molecular weight excluding hydrogens is 528 g/mol. The lowest BCUT2D eigenvalue weighted by Crippen LogP contribution is -2.10. The van der Waals surface area contributed by atoms with Gasteiger partial charge in [-0.05, 0) is 70.1 Å². The summed E-state index contributed by atoms with van der Waals surface area (Å²) in [6, 6.07) is 37.6. The number of rotatable bonds is 7. The molecule has 0 fully saturated rings. The van der Waals surface area contributed by atoms with E-state index >= 15 is 0 Å². The van der Waals surface area contributed by atoms with Crippen molar-refractivity contribution in [3.05, 3.63) is 131 Å². The molecule has 0 saturated heterocycles. The van der Waals surface area contributed by atoms with Crippen molar-refractivity contribution >= 4 is 34.4 Å². The molecule has 1 aromatic heterocycles. The van der Waals surface area contributed by atoms with Gasteiger partial charge in [-0.3, -0.25) is 0 Å². The van der Waals surface area contributed by atoms with E-state index in [9.17, 15) is 9.59 Å². The lowest BCUT2D eigenvalue weighted by atomic mass is 10.1. The van der Waals surface area contributed by atoms with Gasteiger partial charge in [-0.15, -0.1) is 11.3 Å². The first-order valence-corrected chi connectivity index (χ1v) is 14.5. The second kappa shape index (κ2) is 11.2. The van der Waals surface area contributed by atoms with E-state index in [0.717, 1.165) is 10.4 Å². The maximum atomic E-state index is 12.3. The molecule has 0 spiro atoms. The summed E-state index contributed by atoms with van der Waals surface area (Å²) in [6.07, 6.45) is -0.799. The highest BCUT2D eigenvalue weighted by Gasteiger charge is 2.26. The summed E-state index contributed by atoms with van der Waals surface area (Å²) in [6.45, 7) is 0.210. The van der Waals surface area contributed by atoms with Crippen LogP contribution in [-0.4, -0.2) is 12.1 Å². The zero-order valence-corrected chi connectivity index (χ0v) is 22.5. The van der Waals surface area contributed by atoms with Crippen LogP contribution in [0, 0.1) is 0 Å². The minimum Gasteiger partial charge on any atom is -0.457 e. The summed E-state index contributed by atoms with van der Waals surface area (Å²) >= 11 is 1.22. The van der Waals surface area contributed by atoms with Gasteiger partial charge in [0.05, 0.1) is 0 Å². The predicted octanol–water partition coefficient (Wildman–Crippen LogP) is 8.28. The lowest BCUT2D eigenvalue weighted by molar-refractivity contribution is 0.0478. The summed E-state index contributed by atoms with van der Waals surface area (Å²) in [5, 5.41) is 0. The van der Waals surface area contributed by atoms with Crippen LogP contribution < -0.4 is 4.74 Å². The first-order valence-electron chi connectivity index (χ1n) is 12.4. The molecule has 7 heteroatoms. The third-order valence-corrected chi connectivity index (χ3v) is 9.88. The van der Waals surface area contributed by atoms with Crippen molar-refractivity contribution in [2.45, 2.75) is 27.9 Å². The highest BCUT2D eigenvalue weighted by Crippen LogP contribution is 2.62. The summed E-state index contributed by atoms with van der Waals surface area (Å²) < 4.78 is 16.0. The molecular formula is C32H24O5S2. The Morgan fingerprint density at radius 2 is 1.28 bits per heavy atom. The van der Waals surface area contributed by atoms with Crippen LogP contribution in [0.2, 0.25) is 0 Å². The topological polar surface area (TPSA) is 61.8 Å². The van der Waals surface area contributed by atoms with Crippen molar-refractivity contribution in [3.63, 3.8) is 0 Å². The van der Waals surface area contributed by atoms with Crippen molar-refractivity contribution in [2.24, 2.45) is 0 Å². The number of benzene rings is 4. The van der Waals surface area contributed by atoms with Crippen LogP contribution in [0.25, 0.3) is 11.1 Å². The second-order valence-corrected chi connectivity index (χ2v) is 12.2. The molecule has 0 atom stereocenters. The molecule has 6 rings (SSSR count). The van der Waals surface area contributed by atoms with Crippen LogP contribution in [0.4, 0.5) is 4.79 Å². The third-order valence-electron chi connectivity index (χ3n) is 6.28. The molecule has 5 aromatic rings. The number of thiol groups is 1. The highest BCUT2D eigenvalue weighted by molar-refractivity contribution is 8.17.